The predicted molar refractivity (Wildman–Crippen MR) is 50.4 cm³/mol. The fourth-order valence-electron chi connectivity index (χ4n) is 0.776. The first-order valence-electron chi connectivity index (χ1n) is 3.12. The van der Waals surface area contributed by atoms with Gasteiger partial charge in [0.1, 0.15) is 11.8 Å². The minimum absolute atomic E-state index is 0.427. The zero-order valence-corrected chi connectivity index (χ0v) is 8.61. The van der Waals surface area contributed by atoms with Crippen LogP contribution in [0, 0.1) is 11.3 Å². The van der Waals surface area contributed by atoms with Crippen LogP contribution in [0.2, 0.25) is 5.02 Å². The van der Waals surface area contributed by atoms with Gasteiger partial charge in [-0.1, -0.05) is 11.6 Å². The van der Waals surface area contributed by atoms with Gasteiger partial charge in [-0.25, -0.2) is 0 Å². The van der Waals surface area contributed by atoms with Crippen molar-refractivity contribution in [1.29, 1.82) is 5.26 Å². The van der Waals surface area contributed by atoms with Gasteiger partial charge in [0.05, 0.1) is 22.2 Å². The number of hydrogen-bond acceptors (Lipinski definition) is 2. The summed E-state index contributed by atoms with van der Waals surface area (Å²) in [6.07, 6.45) is 0. The van der Waals surface area contributed by atoms with E-state index >= 15 is 0 Å². The molecule has 0 saturated carbocycles. The summed E-state index contributed by atoms with van der Waals surface area (Å²) in [5, 5.41) is 9.05. The minimum atomic E-state index is 0.427. The maximum absolute atomic E-state index is 8.63. The first-order chi connectivity index (χ1) is 5.70. The highest BCUT2D eigenvalue weighted by Crippen LogP contribution is 2.34. The minimum Gasteiger partial charge on any atom is -0.495 e. The molecule has 0 saturated heterocycles. The fourth-order valence-corrected chi connectivity index (χ4v) is 1.43. The lowest BCUT2D eigenvalue weighted by Crippen LogP contribution is -1.86. The second-order valence-electron chi connectivity index (χ2n) is 2.06. The van der Waals surface area contributed by atoms with E-state index in [0.29, 0.717) is 20.8 Å². The first kappa shape index (κ1) is 9.37. The topological polar surface area (TPSA) is 33.0 Å². The molecule has 1 aromatic rings. The second kappa shape index (κ2) is 3.79. The zero-order chi connectivity index (χ0) is 9.14. The average molecular weight is 246 g/mol. The summed E-state index contributed by atoms with van der Waals surface area (Å²) in [6, 6.07) is 5.31. The van der Waals surface area contributed by atoms with Gasteiger partial charge in [-0.2, -0.15) is 5.26 Å². The highest BCUT2D eigenvalue weighted by atomic mass is 79.9. The Balaban J connectivity index is 3.32. The molecule has 0 aliphatic rings. The molecule has 0 N–H and O–H groups in total. The lowest BCUT2D eigenvalue weighted by Gasteiger charge is -2.04. The van der Waals surface area contributed by atoms with Crippen molar-refractivity contribution in [1.82, 2.24) is 0 Å². The summed E-state index contributed by atoms with van der Waals surface area (Å²) in [6.45, 7) is 0. The van der Waals surface area contributed by atoms with Gasteiger partial charge in [0.25, 0.3) is 0 Å². The van der Waals surface area contributed by atoms with E-state index in [1.165, 1.54) is 7.11 Å². The lowest BCUT2D eigenvalue weighted by molar-refractivity contribution is 0.414. The Morgan fingerprint density at radius 2 is 2.25 bits per heavy atom. The molecule has 0 radical (unpaired) electrons. The van der Waals surface area contributed by atoms with Crippen LogP contribution < -0.4 is 4.74 Å². The van der Waals surface area contributed by atoms with E-state index in [4.69, 9.17) is 21.6 Å². The number of halogens is 2. The largest absolute Gasteiger partial charge is 0.495 e. The van der Waals surface area contributed by atoms with E-state index < -0.39 is 0 Å². The summed E-state index contributed by atoms with van der Waals surface area (Å²) in [5.74, 6) is 0.558. The maximum Gasteiger partial charge on any atom is 0.138 e. The third kappa shape index (κ3) is 1.55. The van der Waals surface area contributed by atoms with Gasteiger partial charge >= 0.3 is 0 Å². The van der Waals surface area contributed by atoms with Crippen molar-refractivity contribution in [3.63, 3.8) is 0 Å². The molecule has 0 aliphatic heterocycles. The summed E-state index contributed by atoms with van der Waals surface area (Å²) < 4.78 is 5.53. The third-order valence-corrected chi connectivity index (χ3v) is 2.81. The molecule has 0 aromatic heterocycles. The van der Waals surface area contributed by atoms with Crippen LogP contribution in [-0.4, -0.2) is 7.11 Å². The van der Waals surface area contributed by atoms with Crippen molar-refractivity contribution in [3.05, 3.63) is 27.2 Å². The van der Waals surface area contributed by atoms with Crippen molar-refractivity contribution in [2.75, 3.05) is 7.11 Å². The van der Waals surface area contributed by atoms with E-state index in [1.54, 1.807) is 12.1 Å². The number of hydrogen-bond donors (Lipinski definition) is 0. The smallest absolute Gasteiger partial charge is 0.138 e. The number of nitrogens with zero attached hydrogens (tertiary/aromatic N) is 1. The van der Waals surface area contributed by atoms with E-state index in [-0.39, 0.29) is 0 Å². The Bertz CT molecular complexity index is 346. The van der Waals surface area contributed by atoms with Crippen LogP contribution >= 0.6 is 27.5 Å². The normalized spacial score (nSPS) is 9.17. The Morgan fingerprint density at radius 3 is 2.75 bits per heavy atom. The van der Waals surface area contributed by atoms with Crippen LogP contribution in [0.3, 0.4) is 0 Å². The molecule has 1 aromatic carbocycles. The molecule has 0 aliphatic carbocycles. The Kier molecular flexibility index (Phi) is 2.96. The maximum atomic E-state index is 8.63. The number of ether oxygens (including phenoxy) is 1. The van der Waals surface area contributed by atoms with E-state index in [0.717, 1.165) is 0 Å². The molecular weight excluding hydrogens is 241 g/mol. The van der Waals surface area contributed by atoms with Gasteiger partial charge in [0, 0.05) is 0 Å². The van der Waals surface area contributed by atoms with Crippen LogP contribution in [0.15, 0.2) is 16.6 Å². The monoisotopic (exact) mass is 245 g/mol. The summed E-state index contributed by atoms with van der Waals surface area (Å²) in [4.78, 5) is 0. The molecule has 12 heavy (non-hydrogen) atoms. The number of nitriles is 1. The zero-order valence-electron chi connectivity index (χ0n) is 6.27. The molecule has 0 unspecified atom stereocenters. The first-order valence-corrected chi connectivity index (χ1v) is 4.30. The number of methoxy groups -OCH3 is 1. The highest BCUT2D eigenvalue weighted by Gasteiger charge is 2.08. The molecule has 4 heteroatoms. The van der Waals surface area contributed by atoms with Crippen LogP contribution in [0.1, 0.15) is 5.56 Å². The number of benzene rings is 1. The van der Waals surface area contributed by atoms with E-state index in [1.807, 2.05) is 6.07 Å². The molecule has 1 rings (SSSR count). The fraction of sp³-hybridized carbons (Fsp3) is 0.125. The Labute approximate surface area is 83.8 Å². The van der Waals surface area contributed by atoms with Gasteiger partial charge in [0.15, 0.2) is 0 Å². The lowest BCUT2D eigenvalue weighted by atomic mass is 10.2. The van der Waals surface area contributed by atoms with Crippen molar-refractivity contribution >= 4 is 27.5 Å². The molecule has 0 fully saturated rings. The summed E-state index contributed by atoms with van der Waals surface area (Å²) in [7, 11) is 1.53. The predicted octanol–water partition coefficient (Wildman–Crippen LogP) is 2.98. The quantitative estimate of drug-likeness (QED) is 0.763. The SMILES string of the molecule is COc1ccc(C#N)c(Br)c1Cl. The number of rotatable bonds is 1. The van der Waals surface area contributed by atoms with Gasteiger partial charge in [0.2, 0.25) is 0 Å². The molecular formula is C8H5BrClNO. The van der Waals surface area contributed by atoms with Gasteiger partial charge in [-0.15, -0.1) is 0 Å². The highest BCUT2D eigenvalue weighted by molar-refractivity contribution is 9.10. The molecule has 0 heterocycles. The summed E-state index contributed by atoms with van der Waals surface area (Å²) in [5.41, 5.74) is 0.501. The van der Waals surface area contributed by atoms with Crippen molar-refractivity contribution < 1.29 is 4.74 Å². The van der Waals surface area contributed by atoms with Gasteiger partial charge in [-0.05, 0) is 28.1 Å². The average Bonchev–Trinajstić information content (AvgIpc) is 2.10. The van der Waals surface area contributed by atoms with Crippen molar-refractivity contribution in [2.24, 2.45) is 0 Å². The Morgan fingerprint density at radius 1 is 1.58 bits per heavy atom. The van der Waals surface area contributed by atoms with E-state index in [9.17, 15) is 0 Å². The molecule has 0 amide bonds. The molecule has 2 nitrogen and oxygen atoms in total. The van der Waals surface area contributed by atoms with Crippen molar-refractivity contribution in [2.45, 2.75) is 0 Å². The van der Waals surface area contributed by atoms with Crippen molar-refractivity contribution in [3.8, 4) is 11.8 Å². The van der Waals surface area contributed by atoms with Gasteiger partial charge in [-0.3, -0.25) is 0 Å². The van der Waals surface area contributed by atoms with Crippen LogP contribution in [0.4, 0.5) is 0 Å². The Hall–Kier alpha value is -0.720. The molecule has 62 valence electrons. The third-order valence-electron chi connectivity index (χ3n) is 1.39. The van der Waals surface area contributed by atoms with Crippen LogP contribution in [0.5, 0.6) is 5.75 Å². The van der Waals surface area contributed by atoms with Crippen LogP contribution in [-0.2, 0) is 0 Å². The van der Waals surface area contributed by atoms with Gasteiger partial charge < -0.3 is 4.74 Å². The molecule has 0 bridgehead atoms. The standard InChI is InChI=1S/C8H5BrClNO/c1-12-6-3-2-5(4-11)7(9)8(6)10/h2-3H,1H3. The van der Waals surface area contributed by atoms with Crippen LogP contribution in [0.25, 0.3) is 0 Å². The summed E-state index contributed by atoms with van der Waals surface area (Å²) >= 11 is 9.05. The second-order valence-corrected chi connectivity index (χ2v) is 3.23. The molecule has 0 atom stereocenters. The molecule has 0 spiro atoms. The van der Waals surface area contributed by atoms with E-state index in [2.05, 4.69) is 15.9 Å².